The van der Waals surface area contributed by atoms with Crippen molar-refractivity contribution in [3.05, 3.63) is 51.2 Å². The lowest BCUT2D eigenvalue weighted by molar-refractivity contribution is -0.389. The first-order valence-corrected chi connectivity index (χ1v) is 8.65. The summed E-state index contributed by atoms with van der Waals surface area (Å²) >= 11 is 7.87. The molecule has 172 valence electrons. The minimum atomic E-state index is -7.17. The number of aromatic nitrogens is 1. The van der Waals surface area contributed by atoms with Gasteiger partial charge in [0.15, 0.2) is 0 Å². The lowest BCUT2D eigenvalue weighted by atomic mass is 9.82. The Kier molecular flexibility index (Phi) is 6.36. The molecule has 1 aromatic carbocycles. The maximum absolute atomic E-state index is 15.0. The van der Waals surface area contributed by atoms with Crippen molar-refractivity contribution in [2.45, 2.75) is 30.1 Å². The van der Waals surface area contributed by atoms with Crippen LogP contribution in [0.2, 0.25) is 5.15 Å². The monoisotopic (exact) mass is 553 g/mol. The lowest BCUT2D eigenvalue weighted by Crippen LogP contribution is -2.60. The molecule has 1 heterocycles. The summed E-state index contributed by atoms with van der Waals surface area (Å²) in [6.07, 6.45) is -19.1. The molecule has 1 unspecified atom stereocenters. The quantitative estimate of drug-likeness (QED) is 0.276. The number of halogens is 14. The molecular formula is C16H5BrClF12N. The molecule has 31 heavy (non-hydrogen) atoms. The highest BCUT2D eigenvalue weighted by Gasteiger charge is 2.82. The summed E-state index contributed by atoms with van der Waals surface area (Å²) in [5, 5.41) is -0.309. The van der Waals surface area contributed by atoms with Gasteiger partial charge in [0.25, 0.3) is 0 Å². The van der Waals surface area contributed by atoms with Gasteiger partial charge in [-0.1, -0.05) is 27.5 Å². The average molecular weight is 555 g/mol. The summed E-state index contributed by atoms with van der Waals surface area (Å²) in [5.74, 6) is -7.17. The fraction of sp³-hybridized carbons (Fsp3) is 0.312. The van der Waals surface area contributed by atoms with E-state index >= 15 is 4.39 Å². The molecule has 1 aromatic heterocycles. The van der Waals surface area contributed by atoms with E-state index in [-0.39, 0.29) is 11.2 Å². The van der Waals surface area contributed by atoms with E-state index in [0.29, 0.717) is 6.20 Å². The van der Waals surface area contributed by atoms with Gasteiger partial charge in [0, 0.05) is 27.4 Å². The van der Waals surface area contributed by atoms with Crippen molar-refractivity contribution in [3.63, 3.8) is 0 Å². The molecule has 2 aromatic rings. The van der Waals surface area contributed by atoms with Crippen LogP contribution in [-0.2, 0) is 11.8 Å². The number of benzene rings is 1. The largest absolute Gasteiger partial charge is 0.457 e. The van der Waals surface area contributed by atoms with Crippen LogP contribution in [0, 0.1) is 0 Å². The van der Waals surface area contributed by atoms with Crippen LogP contribution in [0.5, 0.6) is 0 Å². The highest BCUT2D eigenvalue weighted by Crippen LogP contribution is 2.60. The van der Waals surface area contributed by atoms with Crippen molar-refractivity contribution in [1.29, 1.82) is 0 Å². The van der Waals surface area contributed by atoms with Gasteiger partial charge in [0.2, 0.25) is 0 Å². The summed E-state index contributed by atoms with van der Waals surface area (Å²) in [5.41, 5.74) is -13.4. The molecule has 1 nitrogen and oxygen atoms in total. The molecule has 0 saturated carbocycles. The Bertz CT molecular complexity index is 965. The zero-order valence-electron chi connectivity index (χ0n) is 14.1. The molecule has 0 saturated heterocycles. The summed E-state index contributed by atoms with van der Waals surface area (Å²) < 4.78 is 160. The van der Waals surface area contributed by atoms with Crippen molar-refractivity contribution in [2.24, 2.45) is 0 Å². The Morgan fingerprint density at radius 3 is 1.71 bits per heavy atom. The van der Waals surface area contributed by atoms with E-state index in [2.05, 4.69) is 20.9 Å². The third-order valence-corrected chi connectivity index (χ3v) is 4.83. The van der Waals surface area contributed by atoms with Gasteiger partial charge in [0.1, 0.15) is 5.15 Å². The molecule has 0 aliphatic heterocycles. The van der Waals surface area contributed by atoms with Crippen LogP contribution in [0.3, 0.4) is 0 Å². The minimum absolute atomic E-state index is 0.0932. The molecular weight excluding hydrogens is 550 g/mol. The Hall–Kier alpha value is -1.70. The highest BCUT2D eigenvalue weighted by molar-refractivity contribution is 9.10. The van der Waals surface area contributed by atoms with E-state index in [1.165, 1.54) is 0 Å². The molecule has 0 amide bonds. The van der Waals surface area contributed by atoms with Crippen LogP contribution >= 0.6 is 27.5 Å². The van der Waals surface area contributed by atoms with Crippen LogP contribution in [0.25, 0.3) is 11.1 Å². The van der Waals surface area contributed by atoms with E-state index < -0.39 is 62.9 Å². The zero-order valence-corrected chi connectivity index (χ0v) is 16.5. The predicted molar refractivity (Wildman–Crippen MR) is 87.2 cm³/mol. The molecule has 0 fully saturated rings. The lowest BCUT2D eigenvalue weighted by Gasteiger charge is -2.37. The van der Waals surface area contributed by atoms with E-state index in [0.717, 1.165) is 12.1 Å². The van der Waals surface area contributed by atoms with Crippen LogP contribution < -0.4 is 0 Å². The normalized spacial score (nSPS) is 15.7. The number of rotatable bonds is 3. The van der Waals surface area contributed by atoms with Gasteiger partial charge >= 0.3 is 30.1 Å². The molecule has 0 aliphatic rings. The van der Waals surface area contributed by atoms with Crippen molar-refractivity contribution < 1.29 is 52.7 Å². The molecule has 0 spiro atoms. The number of nitrogens with zero attached hydrogens (tertiary/aromatic N) is 1. The van der Waals surface area contributed by atoms with Crippen LogP contribution in [0.15, 0.2) is 34.9 Å². The Morgan fingerprint density at radius 2 is 1.32 bits per heavy atom. The third-order valence-electron chi connectivity index (χ3n) is 3.98. The second-order valence-corrected chi connectivity index (χ2v) is 7.22. The first kappa shape index (κ1) is 25.6. The predicted octanol–water partition coefficient (Wildman–Crippen LogP) is 8.11. The van der Waals surface area contributed by atoms with Gasteiger partial charge in [0.05, 0.1) is 5.56 Å². The standard InChI is InChI=1S/C16H5BrClF12N/c17-9-4-7(13(20,21)22)3-8(11(9)6-1-2-10(18)31-5-6)12(19,15(25,26)27)14(23,24)16(28,29)30/h1-5H. The summed E-state index contributed by atoms with van der Waals surface area (Å²) in [6.45, 7) is 0. The van der Waals surface area contributed by atoms with Crippen LogP contribution in [0.1, 0.15) is 11.1 Å². The Balaban J connectivity index is 3.09. The molecule has 1 atom stereocenters. The molecule has 2 rings (SSSR count). The zero-order chi connectivity index (χ0) is 24.2. The molecule has 0 bridgehead atoms. The fourth-order valence-electron chi connectivity index (χ4n) is 2.55. The van der Waals surface area contributed by atoms with Gasteiger partial charge in [-0.2, -0.15) is 48.3 Å². The SMILES string of the molecule is FC(F)(F)c1cc(Br)c(-c2ccc(Cl)nc2)c(C(F)(C(F)(F)F)C(F)(F)C(F)(F)F)c1. The van der Waals surface area contributed by atoms with E-state index in [9.17, 15) is 48.3 Å². The van der Waals surface area contributed by atoms with E-state index in [1.807, 2.05) is 0 Å². The molecule has 0 radical (unpaired) electrons. The van der Waals surface area contributed by atoms with Crippen molar-refractivity contribution >= 4 is 27.5 Å². The third kappa shape index (κ3) is 4.32. The summed E-state index contributed by atoms with van der Waals surface area (Å²) in [4.78, 5) is 3.37. The van der Waals surface area contributed by atoms with Gasteiger partial charge in [-0.15, -0.1) is 0 Å². The Morgan fingerprint density at radius 1 is 0.774 bits per heavy atom. The number of alkyl halides is 12. The second-order valence-electron chi connectivity index (χ2n) is 5.98. The Labute approximate surface area is 178 Å². The number of hydrogen-bond donors (Lipinski definition) is 0. The van der Waals surface area contributed by atoms with Gasteiger partial charge < -0.3 is 0 Å². The van der Waals surface area contributed by atoms with E-state index in [4.69, 9.17) is 11.6 Å². The minimum Gasteiger partial charge on any atom is -0.244 e. The first-order chi connectivity index (χ1) is 13.7. The number of hydrogen-bond acceptors (Lipinski definition) is 1. The topological polar surface area (TPSA) is 12.9 Å². The molecule has 0 N–H and O–H groups in total. The summed E-state index contributed by atoms with van der Waals surface area (Å²) in [7, 11) is 0. The average Bonchev–Trinajstić information content (AvgIpc) is 2.58. The van der Waals surface area contributed by atoms with Crippen molar-refractivity contribution in [1.82, 2.24) is 4.98 Å². The smallest absolute Gasteiger partial charge is 0.244 e. The molecule has 15 heteroatoms. The highest BCUT2D eigenvalue weighted by atomic mass is 79.9. The van der Waals surface area contributed by atoms with Crippen molar-refractivity contribution in [2.75, 3.05) is 0 Å². The maximum Gasteiger partial charge on any atom is 0.457 e. The fourth-order valence-corrected chi connectivity index (χ4v) is 3.36. The summed E-state index contributed by atoms with van der Waals surface area (Å²) in [6, 6.07) is 0.937. The van der Waals surface area contributed by atoms with Crippen molar-refractivity contribution in [3.8, 4) is 11.1 Å². The maximum atomic E-state index is 15.0. The van der Waals surface area contributed by atoms with Crippen LogP contribution in [-0.4, -0.2) is 23.3 Å². The van der Waals surface area contributed by atoms with Gasteiger partial charge in [-0.05, 0) is 24.3 Å². The molecule has 0 aliphatic carbocycles. The van der Waals surface area contributed by atoms with Gasteiger partial charge in [-0.3, -0.25) is 0 Å². The van der Waals surface area contributed by atoms with Crippen LogP contribution in [0.4, 0.5) is 52.7 Å². The van der Waals surface area contributed by atoms with Gasteiger partial charge in [-0.25, -0.2) is 9.37 Å². The first-order valence-electron chi connectivity index (χ1n) is 7.48. The number of pyridine rings is 1. The second kappa shape index (κ2) is 7.71. The van der Waals surface area contributed by atoms with E-state index in [1.54, 1.807) is 0 Å².